The van der Waals surface area contributed by atoms with Crippen molar-refractivity contribution in [2.75, 3.05) is 24.5 Å². The number of carbonyl (C=O) groups excluding carboxylic acids is 2. The Morgan fingerprint density at radius 3 is 2.57 bits per heavy atom. The van der Waals surface area contributed by atoms with Gasteiger partial charge >= 0.3 is 12.0 Å². The smallest absolute Gasteiger partial charge is 0.317 e. The van der Waals surface area contributed by atoms with Crippen molar-refractivity contribution in [1.29, 1.82) is 0 Å². The Hall–Kier alpha value is -2.71. The van der Waals surface area contributed by atoms with Crippen LogP contribution in [0.5, 0.6) is 0 Å². The average molecular weight is 393 g/mol. The minimum atomic E-state index is -0.884. The van der Waals surface area contributed by atoms with Crippen LogP contribution in [0.3, 0.4) is 0 Å². The standard InChI is InChI=1S/C19H21F2N3O4/c20-13-4-1-5-14(21)16(13)24-9-12(7-15(24)25)22-18(28)23-8-11-3-2-6-19(11,10-23)17(26)27/h1,4-5,11-12H,2-3,6-10H2,(H,22,28)(H,26,27)/t11-,12?,19+/m0/s1. The number of nitrogens with one attached hydrogen (secondary N) is 1. The van der Waals surface area contributed by atoms with Gasteiger partial charge in [0.2, 0.25) is 5.91 Å². The molecule has 3 atom stereocenters. The molecule has 2 aliphatic heterocycles. The number of hydrogen-bond acceptors (Lipinski definition) is 3. The number of amides is 3. The van der Waals surface area contributed by atoms with Crippen molar-refractivity contribution >= 4 is 23.6 Å². The van der Waals surface area contributed by atoms with E-state index in [0.29, 0.717) is 13.0 Å². The van der Waals surface area contributed by atoms with Gasteiger partial charge in [0.15, 0.2) is 0 Å². The lowest BCUT2D eigenvalue weighted by molar-refractivity contribution is -0.149. The molecule has 7 nitrogen and oxygen atoms in total. The molecule has 1 aromatic rings. The van der Waals surface area contributed by atoms with Crippen molar-refractivity contribution in [3.05, 3.63) is 29.8 Å². The van der Waals surface area contributed by atoms with Gasteiger partial charge in [-0.2, -0.15) is 0 Å². The number of halogens is 2. The molecular formula is C19H21F2N3O4. The summed E-state index contributed by atoms with van der Waals surface area (Å²) in [5.41, 5.74) is -1.30. The Kier molecular flexibility index (Phi) is 4.47. The van der Waals surface area contributed by atoms with Gasteiger partial charge in [-0.25, -0.2) is 13.6 Å². The topological polar surface area (TPSA) is 90.0 Å². The van der Waals surface area contributed by atoms with Crippen LogP contribution in [-0.4, -0.2) is 53.6 Å². The minimum absolute atomic E-state index is 0.0379. The van der Waals surface area contributed by atoms with E-state index in [1.54, 1.807) is 0 Å². The summed E-state index contributed by atoms with van der Waals surface area (Å²) >= 11 is 0. The molecule has 2 saturated heterocycles. The van der Waals surface area contributed by atoms with Gasteiger partial charge in [-0.3, -0.25) is 9.59 Å². The van der Waals surface area contributed by atoms with Crippen molar-refractivity contribution in [2.45, 2.75) is 31.7 Å². The van der Waals surface area contributed by atoms with E-state index in [2.05, 4.69) is 5.32 Å². The molecule has 1 aliphatic carbocycles. The fourth-order valence-electron chi connectivity index (χ4n) is 4.83. The molecule has 3 aliphatic rings. The van der Waals surface area contributed by atoms with Gasteiger partial charge in [0.25, 0.3) is 0 Å². The zero-order valence-electron chi connectivity index (χ0n) is 15.2. The minimum Gasteiger partial charge on any atom is -0.481 e. The highest BCUT2D eigenvalue weighted by Gasteiger charge is 2.56. The number of likely N-dealkylation sites (tertiary alicyclic amines) is 1. The lowest BCUT2D eigenvalue weighted by Gasteiger charge is -2.24. The van der Waals surface area contributed by atoms with Gasteiger partial charge in [0.1, 0.15) is 17.3 Å². The molecule has 1 aromatic carbocycles. The number of carbonyl (C=O) groups is 3. The maximum Gasteiger partial charge on any atom is 0.317 e. The van der Waals surface area contributed by atoms with Gasteiger partial charge in [-0.15, -0.1) is 0 Å². The lowest BCUT2D eigenvalue weighted by atomic mass is 9.81. The zero-order valence-corrected chi connectivity index (χ0v) is 15.2. The van der Waals surface area contributed by atoms with Crippen LogP contribution in [0.2, 0.25) is 0 Å². The molecule has 0 radical (unpaired) electrons. The predicted octanol–water partition coefficient (Wildman–Crippen LogP) is 1.97. The number of urea groups is 1. The van der Waals surface area contributed by atoms with E-state index in [0.717, 1.165) is 29.9 Å². The number of carboxylic acid groups (broad SMARTS) is 1. The molecule has 150 valence electrons. The third-order valence-corrected chi connectivity index (χ3v) is 6.24. The molecule has 9 heteroatoms. The lowest BCUT2D eigenvalue weighted by Crippen LogP contribution is -2.46. The molecule has 2 N–H and O–H groups in total. The van der Waals surface area contributed by atoms with Crippen LogP contribution < -0.4 is 10.2 Å². The predicted molar refractivity (Wildman–Crippen MR) is 94.6 cm³/mol. The Balaban J connectivity index is 1.43. The Morgan fingerprint density at radius 1 is 1.21 bits per heavy atom. The van der Waals surface area contributed by atoms with E-state index in [4.69, 9.17) is 0 Å². The highest BCUT2D eigenvalue weighted by atomic mass is 19.1. The highest BCUT2D eigenvalue weighted by molar-refractivity contribution is 5.97. The van der Waals surface area contributed by atoms with Gasteiger partial charge in [0.05, 0.1) is 11.5 Å². The molecule has 2 heterocycles. The molecule has 4 rings (SSSR count). The normalized spacial score (nSPS) is 29.3. The van der Waals surface area contributed by atoms with E-state index in [9.17, 15) is 28.3 Å². The maximum absolute atomic E-state index is 14.0. The first kappa shape index (κ1) is 18.6. The molecule has 0 spiro atoms. The van der Waals surface area contributed by atoms with E-state index in [-0.39, 0.29) is 25.4 Å². The number of rotatable bonds is 3. The number of anilines is 1. The first-order valence-corrected chi connectivity index (χ1v) is 9.35. The van der Waals surface area contributed by atoms with E-state index >= 15 is 0 Å². The Bertz CT molecular complexity index is 828. The van der Waals surface area contributed by atoms with Gasteiger partial charge in [0, 0.05) is 26.1 Å². The van der Waals surface area contributed by atoms with Crippen LogP contribution in [0, 0.1) is 23.0 Å². The number of para-hydroxylation sites is 1. The van der Waals surface area contributed by atoms with Gasteiger partial charge < -0.3 is 20.2 Å². The van der Waals surface area contributed by atoms with Crippen molar-refractivity contribution in [2.24, 2.45) is 11.3 Å². The van der Waals surface area contributed by atoms with Crippen LogP contribution in [0.1, 0.15) is 25.7 Å². The number of benzene rings is 1. The molecule has 28 heavy (non-hydrogen) atoms. The molecule has 0 bridgehead atoms. The number of nitrogens with zero attached hydrogens (tertiary/aromatic N) is 2. The average Bonchev–Trinajstić information content (AvgIpc) is 3.28. The summed E-state index contributed by atoms with van der Waals surface area (Å²) in [7, 11) is 0. The number of carboxylic acids is 1. The fourth-order valence-corrected chi connectivity index (χ4v) is 4.83. The summed E-state index contributed by atoms with van der Waals surface area (Å²) in [6, 6.07) is 2.33. The monoisotopic (exact) mass is 393 g/mol. The van der Waals surface area contributed by atoms with Crippen LogP contribution in [0.4, 0.5) is 19.3 Å². The SMILES string of the molecule is O=C(NC1CC(=O)N(c2c(F)cccc2F)C1)N1C[C@@H]2CCC[C@@]2(C(=O)O)C1. The van der Waals surface area contributed by atoms with Crippen LogP contribution in [-0.2, 0) is 9.59 Å². The molecule has 1 unspecified atom stereocenters. The third kappa shape index (κ3) is 2.89. The fraction of sp³-hybridized carbons (Fsp3) is 0.526. The second-order valence-electron chi connectivity index (χ2n) is 7.86. The molecule has 3 amide bonds. The van der Waals surface area contributed by atoms with Crippen molar-refractivity contribution < 1.29 is 28.3 Å². The van der Waals surface area contributed by atoms with Gasteiger partial charge in [-0.05, 0) is 30.9 Å². The number of fused-ring (bicyclic) bond motifs is 1. The van der Waals surface area contributed by atoms with Crippen molar-refractivity contribution in [3.63, 3.8) is 0 Å². The largest absolute Gasteiger partial charge is 0.481 e. The van der Waals surface area contributed by atoms with Crippen molar-refractivity contribution in [3.8, 4) is 0 Å². The second-order valence-corrected chi connectivity index (χ2v) is 7.86. The Labute approximate surface area is 160 Å². The molecule has 1 saturated carbocycles. The second kappa shape index (κ2) is 6.72. The van der Waals surface area contributed by atoms with Crippen LogP contribution in [0.15, 0.2) is 18.2 Å². The summed E-state index contributed by atoms with van der Waals surface area (Å²) in [6.45, 7) is 0.472. The number of hydrogen-bond donors (Lipinski definition) is 2. The Morgan fingerprint density at radius 2 is 1.93 bits per heavy atom. The van der Waals surface area contributed by atoms with Crippen molar-refractivity contribution in [1.82, 2.24) is 10.2 Å². The zero-order chi connectivity index (χ0) is 20.1. The summed E-state index contributed by atoms with van der Waals surface area (Å²) < 4.78 is 28.0. The summed E-state index contributed by atoms with van der Waals surface area (Å²) in [5.74, 6) is -3.09. The summed E-state index contributed by atoms with van der Waals surface area (Å²) in [5, 5.41) is 12.3. The first-order valence-electron chi connectivity index (χ1n) is 9.35. The third-order valence-electron chi connectivity index (χ3n) is 6.24. The maximum atomic E-state index is 14.0. The quantitative estimate of drug-likeness (QED) is 0.822. The molecule has 0 aromatic heterocycles. The van der Waals surface area contributed by atoms with E-state index in [1.807, 2.05) is 0 Å². The van der Waals surface area contributed by atoms with E-state index < -0.39 is 46.7 Å². The molecular weight excluding hydrogens is 372 g/mol. The summed E-state index contributed by atoms with van der Waals surface area (Å²) in [4.78, 5) is 39.1. The van der Waals surface area contributed by atoms with Crippen LogP contribution >= 0.6 is 0 Å². The van der Waals surface area contributed by atoms with Gasteiger partial charge in [-0.1, -0.05) is 12.5 Å². The molecule has 3 fully saturated rings. The highest BCUT2D eigenvalue weighted by Crippen LogP contribution is 2.48. The van der Waals surface area contributed by atoms with E-state index in [1.165, 1.54) is 11.0 Å². The van der Waals surface area contributed by atoms with Crippen LogP contribution in [0.25, 0.3) is 0 Å². The first-order chi connectivity index (χ1) is 13.3. The number of aliphatic carboxylic acids is 1. The summed E-state index contributed by atoms with van der Waals surface area (Å²) in [6.07, 6.45) is 2.10.